The van der Waals surface area contributed by atoms with Crippen molar-refractivity contribution in [1.82, 2.24) is 0 Å². The number of benzene rings is 2. The third-order valence-corrected chi connectivity index (χ3v) is 5.25. The maximum Gasteiger partial charge on any atom is 0.0397 e. The minimum atomic E-state index is 1.06. The highest BCUT2D eigenvalue weighted by molar-refractivity contribution is 6.37. The molecule has 0 amide bonds. The molecule has 0 aliphatic heterocycles. The predicted octanol–water partition coefficient (Wildman–Crippen LogP) is 2.91. The second-order valence-corrected chi connectivity index (χ2v) is 5.86. The van der Waals surface area contributed by atoms with Gasteiger partial charge in [-0.3, -0.25) is 0 Å². The molecule has 2 aromatic carbocycles. The van der Waals surface area contributed by atoms with Crippen molar-refractivity contribution in [2.24, 2.45) is 0 Å². The fourth-order valence-electron chi connectivity index (χ4n) is 2.57. The highest BCUT2D eigenvalue weighted by atomic mass is 28.1. The molecule has 0 aromatic heterocycles. The van der Waals surface area contributed by atoms with Gasteiger partial charge >= 0.3 is 0 Å². The smallest absolute Gasteiger partial charge is 0.0397 e. The molecule has 2 rings (SSSR count). The van der Waals surface area contributed by atoms with Gasteiger partial charge in [0.2, 0.25) is 0 Å². The zero-order chi connectivity index (χ0) is 13.3. The van der Waals surface area contributed by atoms with Gasteiger partial charge in [0.25, 0.3) is 0 Å². The van der Waals surface area contributed by atoms with Crippen LogP contribution in [0.4, 0.5) is 0 Å². The first kappa shape index (κ1) is 12.8. The van der Waals surface area contributed by atoms with E-state index in [0.717, 1.165) is 10.2 Å². The maximum atomic E-state index is 4.01. The third-order valence-electron chi connectivity index (χ3n) is 4.00. The molecule has 0 radical (unpaired) electrons. The second-order valence-electron chi connectivity index (χ2n) is 4.86. The molecule has 0 heterocycles. The molecule has 0 saturated heterocycles. The van der Waals surface area contributed by atoms with E-state index in [1.54, 1.807) is 0 Å². The molecule has 18 heavy (non-hydrogen) atoms. The number of hydrogen-bond donors (Lipinski definition) is 0. The standard InChI is InChI=1S/C17H20Si/c1-5-15-12(3)11(2)13(4)17(18)16(15)14-9-7-6-8-10-14/h5-10H,1H2,2-4,18H3. The van der Waals surface area contributed by atoms with Crippen LogP contribution in [0.3, 0.4) is 0 Å². The SMILES string of the molecule is C=Cc1c(C)c(C)c(C)c([SiH3])c1-c1ccccc1. The molecule has 0 bridgehead atoms. The van der Waals surface area contributed by atoms with Gasteiger partial charge in [-0.25, -0.2) is 0 Å². The van der Waals surface area contributed by atoms with Gasteiger partial charge in [0, 0.05) is 10.2 Å². The Hall–Kier alpha value is -1.60. The molecule has 0 atom stereocenters. The quantitative estimate of drug-likeness (QED) is 0.721. The molecule has 1 heteroatoms. The van der Waals surface area contributed by atoms with E-state index >= 15 is 0 Å². The van der Waals surface area contributed by atoms with Crippen LogP contribution in [0.5, 0.6) is 0 Å². The Morgan fingerprint density at radius 3 is 2.11 bits per heavy atom. The fraction of sp³-hybridized carbons (Fsp3) is 0.176. The predicted molar refractivity (Wildman–Crippen MR) is 85.8 cm³/mol. The lowest BCUT2D eigenvalue weighted by atomic mass is 9.90. The van der Waals surface area contributed by atoms with Gasteiger partial charge in [0.15, 0.2) is 0 Å². The van der Waals surface area contributed by atoms with E-state index in [0.29, 0.717) is 0 Å². The summed E-state index contributed by atoms with van der Waals surface area (Å²) >= 11 is 0. The van der Waals surface area contributed by atoms with E-state index in [4.69, 9.17) is 0 Å². The molecule has 2 aromatic rings. The van der Waals surface area contributed by atoms with Gasteiger partial charge in [0.05, 0.1) is 0 Å². The Bertz CT molecular complexity index is 595. The van der Waals surface area contributed by atoms with E-state index in [-0.39, 0.29) is 0 Å². The van der Waals surface area contributed by atoms with Crippen molar-refractivity contribution in [2.45, 2.75) is 20.8 Å². The van der Waals surface area contributed by atoms with Crippen molar-refractivity contribution < 1.29 is 0 Å². The summed E-state index contributed by atoms with van der Waals surface area (Å²) < 4.78 is 0. The lowest BCUT2D eigenvalue weighted by Crippen LogP contribution is -2.16. The van der Waals surface area contributed by atoms with Gasteiger partial charge in [-0.1, -0.05) is 48.2 Å². The zero-order valence-corrected chi connectivity index (χ0v) is 13.7. The van der Waals surface area contributed by atoms with Crippen molar-refractivity contribution in [3.63, 3.8) is 0 Å². The summed E-state index contributed by atoms with van der Waals surface area (Å²) in [6, 6.07) is 10.7. The van der Waals surface area contributed by atoms with Gasteiger partial charge in [-0.2, -0.15) is 0 Å². The van der Waals surface area contributed by atoms with Crippen molar-refractivity contribution in [3.05, 3.63) is 59.2 Å². The average Bonchev–Trinajstić information content (AvgIpc) is 2.41. The van der Waals surface area contributed by atoms with Crippen LogP contribution in [0, 0.1) is 20.8 Å². The minimum Gasteiger partial charge on any atom is -0.0984 e. The zero-order valence-electron chi connectivity index (χ0n) is 11.7. The monoisotopic (exact) mass is 252 g/mol. The van der Waals surface area contributed by atoms with E-state index in [9.17, 15) is 0 Å². The van der Waals surface area contributed by atoms with Crippen LogP contribution >= 0.6 is 0 Å². The van der Waals surface area contributed by atoms with E-state index < -0.39 is 0 Å². The molecular formula is C17H20Si. The molecule has 0 fully saturated rings. The first-order chi connectivity index (χ1) is 8.57. The Labute approximate surface area is 113 Å². The van der Waals surface area contributed by atoms with E-state index in [1.165, 1.54) is 38.6 Å². The summed E-state index contributed by atoms with van der Waals surface area (Å²) in [7, 11) is 1.06. The van der Waals surface area contributed by atoms with Gasteiger partial charge in [0.1, 0.15) is 0 Å². The topological polar surface area (TPSA) is 0 Å². The minimum absolute atomic E-state index is 1.06. The largest absolute Gasteiger partial charge is 0.0984 e. The summed E-state index contributed by atoms with van der Waals surface area (Å²) in [6.07, 6.45) is 2.01. The Kier molecular flexibility index (Phi) is 3.53. The normalized spacial score (nSPS) is 10.6. The lowest BCUT2D eigenvalue weighted by Gasteiger charge is -2.19. The lowest BCUT2D eigenvalue weighted by molar-refractivity contribution is 1.27. The molecule has 0 saturated carbocycles. The average molecular weight is 252 g/mol. The highest BCUT2D eigenvalue weighted by Crippen LogP contribution is 2.28. The first-order valence-electron chi connectivity index (χ1n) is 6.36. The molecular weight excluding hydrogens is 232 g/mol. The van der Waals surface area contributed by atoms with Crippen molar-refractivity contribution in [1.29, 1.82) is 0 Å². The summed E-state index contributed by atoms with van der Waals surface area (Å²) in [4.78, 5) is 0. The maximum absolute atomic E-state index is 4.01. The highest BCUT2D eigenvalue weighted by Gasteiger charge is 2.13. The van der Waals surface area contributed by atoms with Crippen LogP contribution in [-0.2, 0) is 0 Å². The third kappa shape index (κ3) is 1.95. The van der Waals surface area contributed by atoms with Crippen LogP contribution in [0.2, 0.25) is 0 Å². The summed E-state index contributed by atoms with van der Waals surface area (Å²) in [5, 5.41) is 1.50. The van der Waals surface area contributed by atoms with Gasteiger partial charge < -0.3 is 0 Å². The van der Waals surface area contributed by atoms with Crippen LogP contribution in [0.15, 0.2) is 36.9 Å². The second kappa shape index (κ2) is 4.95. The van der Waals surface area contributed by atoms with Crippen molar-refractivity contribution >= 4 is 21.5 Å². The van der Waals surface area contributed by atoms with Gasteiger partial charge in [-0.05, 0) is 54.2 Å². The molecule has 0 aliphatic rings. The van der Waals surface area contributed by atoms with E-state index in [2.05, 4.69) is 57.7 Å². The van der Waals surface area contributed by atoms with Crippen LogP contribution in [-0.4, -0.2) is 10.2 Å². The molecule has 0 spiro atoms. The number of hydrogen-bond acceptors (Lipinski definition) is 0. The number of rotatable bonds is 2. The Balaban J connectivity index is 2.86. The summed E-state index contributed by atoms with van der Waals surface area (Å²) in [6.45, 7) is 10.7. The molecule has 0 N–H and O–H groups in total. The fourth-order valence-corrected chi connectivity index (χ4v) is 3.51. The van der Waals surface area contributed by atoms with Crippen LogP contribution in [0.25, 0.3) is 17.2 Å². The molecule has 0 nitrogen and oxygen atoms in total. The first-order valence-corrected chi connectivity index (χ1v) is 7.36. The molecule has 0 aliphatic carbocycles. The summed E-state index contributed by atoms with van der Waals surface area (Å²) in [5.74, 6) is 0. The molecule has 0 unspecified atom stereocenters. The Morgan fingerprint density at radius 2 is 1.56 bits per heavy atom. The van der Waals surface area contributed by atoms with Crippen LogP contribution < -0.4 is 5.19 Å². The Morgan fingerprint density at radius 1 is 0.944 bits per heavy atom. The van der Waals surface area contributed by atoms with E-state index in [1.807, 2.05) is 6.08 Å². The van der Waals surface area contributed by atoms with Crippen LogP contribution in [0.1, 0.15) is 22.3 Å². The van der Waals surface area contributed by atoms with Crippen molar-refractivity contribution in [2.75, 3.05) is 0 Å². The summed E-state index contributed by atoms with van der Waals surface area (Å²) in [5.41, 5.74) is 8.22. The van der Waals surface area contributed by atoms with Crippen molar-refractivity contribution in [3.8, 4) is 11.1 Å². The molecule has 92 valence electrons. The van der Waals surface area contributed by atoms with Gasteiger partial charge in [-0.15, -0.1) is 0 Å².